The SMILES string of the molecule is CCOC(=O)CCC1c2ccccc2CCN1C(C)CC. The van der Waals surface area contributed by atoms with E-state index in [0.717, 1.165) is 25.8 Å². The number of carbonyl (C=O) groups excluding carboxylic acids is 1. The summed E-state index contributed by atoms with van der Waals surface area (Å²) in [6, 6.07) is 9.55. The van der Waals surface area contributed by atoms with Crippen LogP contribution in [0.2, 0.25) is 0 Å². The molecule has 0 spiro atoms. The van der Waals surface area contributed by atoms with E-state index in [1.54, 1.807) is 0 Å². The van der Waals surface area contributed by atoms with Crippen molar-refractivity contribution in [3.8, 4) is 0 Å². The molecule has 2 rings (SSSR count). The first-order chi connectivity index (χ1) is 10.2. The summed E-state index contributed by atoms with van der Waals surface area (Å²) >= 11 is 0. The third kappa shape index (κ3) is 3.85. The molecular formula is C18H27NO2. The van der Waals surface area contributed by atoms with E-state index in [9.17, 15) is 4.79 Å². The fourth-order valence-corrected chi connectivity index (χ4v) is 3.24. The molecule has 1 aromatic rings. The van der Waals surface area contributed by atoms with Gasteiger partial charge in [0.25, 0.3) is 0 Å². The van der Waals surface area contributed by atoms with Gasteiger partial charge in [-0.15, -0.1) is 0 Å². The van der Waals surface area contributed by atoms with E-state index in [4.69, 9.17) is 4.74 Å². The Morgan fingerprint density at radius 1 is 1.38 bits per heavy atom. The number of ether oxygens (including phenoxy) is 1. The van der Waals surface area contributed by atoms with Crippen molar-refractivity contribution in [3.63, 3.8) is 0 Å². The second-order valence-corrected chi connectivity index (χ2v) is 5.80. The maximum absolute atomic E-state index is 11.7. The topological polar surface area (TPSA) is 29.5 Å². The van der Waals surface area contributed by atoms with Crippen LogP contribution in [0.25, 0.3) is 0 Å². The smallest absolute Gasteiger partial charge is 0.305 e. The van der Waals surface area contributed by atoms with Crippen molar-refractivity contribution in [3.05, 3.63) is 35.4 Å². The van der Waals surface area contributed by atoms with E-state index in [0.29, 0.717) is 25.1 Å². The second-order valence-electron chi connectivity index (χ2n) is 5.80. The van der Waals surface area contributed by atoms with Crippen LogP contribution in [-0.2, 0) is 16.0 Å². The highest BCUT2D eigenvalue weighted by Crippen LogP contribution is 2.35. The van der Waals surface area contributed by atoms with Crippen LogP contribution in [0.4, 0.5) is 0 Å². The summed E-state index contributed by atoms with van der Waals surface area (Å²) in [7, 11) is 0. The third-order valence-electron chi connectivity index (χ3n) is 4.54. The maximum atomic E-state index is 11.7. The lowest BCUT2D eigenvalue weighted by atomic mass is 9.88. The molecule has 0 bridgehead atoms. The van der Waals surface area contributed by atoms with Crippen molar-refractivity contribution in [1.29, 1.82) is 0 Å². The van der Waals surface area contributed by atoms with Crippen molar-refractivity contribution < 1.29 is 9.53 Å². The molecule has 0 radical (unpaired) electrons. The third-order valence-corrected chi connectivity index (χ3v) is 4.54. The minimum atomic E-state index is -0.0790. The number of benzene rings is 1. The molecule has 0 saturated heterocycles. The molecule has 3 nitrogen and oxygen atoms in total. The number of hydrogen-bond acceptors (Lipinski definition) is 3. The lowest BCUT2D eigenvalue weighted by Crippen LogP contribution is -2.41. The van der Waals surface area contributed by atoms with Crippen molar-refractivity contribution in [2.45, 2.75) is 58.5 Å². The van der Waals surface area contributed by atoms with Crippen LogP contribution < -0.4 is 0 Å². The zero-order chi connectivity index (χ0) is 15.2. The van der Waals surface area contributed by atoms with Gasteiger partial charge in [-0.2, -0.15) is 0 Å². The van der Waals surface area contributed by atoms with Crippen LogP contribution >= 0.6 is 0 Å². The highest BCUT2D eigenvalue weighted by atomic mass is 16.5. The Labute approximate surface area is 128 Å². The number of nitrogens with zero attached hydrogens (tertiary/aromatic N) is 1. The zero-order valence-electron chi connectivity index (χ0n) is 13.5. The van der Waals surface area contributed by atoms with Crippen LogP contribution in [0, 0.1) is 0 Å². The Balaban J connectivity index is 2.16. The number of rotatable bonds is 6. The van der Waals surface area contributed by atoms with Crippen molar-refractivity contribution in [1.82, 2.24) is 4.90 Å². The van der Waals surface area contributed by atoms with E-state index in [1.165, 1.54) is 11.1 Å². The Morgan fingerprint density at radius 3 is 2.86 bits per heavy atom. The van der Waals surface area contributed by atoms with Gasteiger partial charge >= 0.3 is 5.97 Å². The molecule has 1 aromatic carbocycles. The Morgan fingerprint density at radius 2 is 2.14 bits per heavy atom. The summed E-state index contributed by atoms with van der Waals surface area (Å²) in [5, 5.41) is 0. The van der Waals surface area contributed by atoms with Gasteiger partial charge in [0.1, 0.15) is 0 Å². The fourth-order valence-electron chi connectivity index (χ4n) is 3.24. The summed E-state index contributed by atoms with van der Waals surface area (Å²) in [6.07, 6.45) is 3.59. The van der Waals surface area contributed by atoms with Gasteiger partial charge in [0.05, 0.1) is 6.61 Å². The van der Waals surface area contributed by atoms with Crippen molar-refractivity contribution >= 4 is 5.97 Å². The molecular weight excluding hydrogens is 262 g/mol. The highest BCUT2D eigenvalue weighted by Gasteiger charge is 2.29. The average molecular weight is 289 g/mol. The summed E-state index contributed by atoms with van der Waals surface area (Å²) < 4.78 is 5.09. The lowest BCUT2D eigenvalue weighted by Gasteiger charge is -2.41. The number of fused-ring (bicyclic) bond motifs is 1. The lowest BCUT2D eigenvalue weighted by molar-refractivity contribution is -0.143. The Bertz CT molecular complexity index is 472. The summed E-state index contributed by atoms with van der Waals surface area (Å²) in [6.45, 7) is 7.92. The maximum Gasteiger partial charge on any atom is 0.305 e. The molecule has 0 aliphatic carbocycles. The van der Waals surface area contributed by atoms with Gasteiger partial charge in [-0.25, -0.2) is 0 Å². The number of hydrogen-bond donors (Lipinski definition) is 0. The van der Waals surface area contributed by atoms with Gasteiger partial charge in [0.15, 0.2) is 0 Å². The Kier molecular flexibility index (Phi) is 5.80. The van der Waals surface area contributed by atoms with Gasteiger partial charge in [-0.3, -0.25) is 9.69 Å². The molecule has 116 valence electrons. The molecule has 3 heteroatoms. The quantitative estimate of drug-likeness (QED) is 0.747. The van der Waals surface area contributed by atoms with Crippen LogP contribution in [0.1, 0.15) is 57.2 Å². The van der Waals surface area contributed by atoms with Crippen LogP contribution in [0.5, 0.6) is 0 Å². The second kappa shape index (κ2) is 7.60. The van der Waals surface area contributed by atoms with Crippen LogP contribution in [-0.4, -0.2) is 30.1 Å². The van der Waals surface area contributed by atoms with E-state index in [1.807, 2.05) is 6.92 Å². The fraction of sp³-hybridized carbons (Fsp3) is 0.611. The molecule has 2 unspecified atom stereocenters. The molecule has 21 heavy (non-hydrogen) atoms. The van der Waals surface area contributed by atoms with E-state index in [2.05, 4.69) is 43.0 Å². The van der Waals surface area contributed by atoms with E-state index >= 15 is 0 Å². The first kappa shape index (κ1) is 16.0. The molecule has 0 amide bonds. The molecule has 0 saturated carbocycles. The average Bonchev–Trinajstić information content (AvgIpc) is 2.52. The zero-order valence-corrected chi connectivity index (χ0v) is 13.5. The minimum absolute atomic E-state index is 0.0790. The number of carbonyl (C=O) groups is 1. The normalized spacial score (nSPS) is 19.9. The largest absolute Gasteiger partial charge is 0.466 e. The first-order valence-corrected chi connectivity index (χ1v) is 8.16. The summed E-state index contributed by atoms with van der Waals surface area (Å²) in [5.74, 6) is -0.0790. The van der Waals surface area contributed by atoms with Gasteiger partial charge in [-0.05, 0) is 44.2 Å². The molecule has 0 fully saturated rings. The van der Waals surface area contributed by atoms with Crippen LogP contribution in [0.3, 0.4) is 0 Å². The predicted octanol–water partition coefficient (Wildman–Crippen LogP) is 3.73. The summed E-state index contributed by atoms with van der Waals surface area (Å²) in [4.78, 5) is 14.3. The molecule has 2 atom stereocenters. The highest BCUT2D eigenvalue weighted by molar-refractivity contribution is 5.69. The van der Waals surface area contributed by atoms with Gasteiger partial charge in [-0.1, -0.05) is 31.2 Å². The van der Waals surface area contributed by atoms with E-state index in [-0.39, 0.29) is 5.97 Å². The standard InChI is InChI=1S/C18H27NO2/c1-4-14(3)19-13-12-15-8-6-7-9-16(15)17(19)10-11-18(20)21-5-2/h6-9,14,17H,4-5,10-13H2,1-3H3. The minimum Gasteiger partial charge on any atom is -0.466 e. The molecule has 1 heterocycles. The Hall–Kier alpha value is -1.35. The van der Waals surface area contributed by atoms with Crippen molar-refractivity contribution in [2.75, 3.05) is 13.2 Å². The van der Waals surface area contributed by atoms with Gasteiger partial charge in [0.2, 0.25) is 0 Å². The van der Waals surface area contributed by atoms with E-state index < -0.39 is 0 Å². The monoisotopic (exact) mass is 289 g/mol. The molecule has 1 aliphatic rings. The molecule has 0 N–H and O–H groups in total. The van der Waals surface area contributed by atoms with Crippen molar-refractivity contribution in [2.24, 2.45) is 0 Å². The summed E-state index contributed by atoms with van der Waals surface area (Å²) in [5.41, 5.74) is 2.83. The van der Waals surface area contributed by atoms with Crippen LogP contribution in [0.15, 0.2) is 24.3 Å². The molecule has 1 aliphatic heterocycles. The number of esters is 1. The predicted molar refractivity (Wildman–Crippen MR) is 85.2 cm³/mol. The first-order valence-electron chi connectivity index (χ1n) is 8.16. The van der Waals surface area contributed by atoms with Gasteiger partial charge < -0.3 is 4.74 Å². The molecule has 0 aromatic heterocycles. The van der Waals surface area contributed by atoms with Gasteiger partial charge in [0, 0.05) is 25.0 Å².